The molecule has 0 saturated heterocycles. The number of aryl methyl sites for hydroxylation is 2. The Morgan fingerprint density at radius 1 is 1.19 bits per heavy atom. The average molecular weight is 415 g/mol. The molecule has 1 aromatic heterocycles. The van der Waals surface area contributed by atoms with E-state index in [4.69, 9.17) is 33.4 Å². The average Bonchev–Trinajstić information content (AvgIpc) is 2.99. The zero-order valence-corrected chi connectivity index (χ0v) is 17.3. The molecular weight excluding hydrogens is 387 g/mol. The van der Waals surface area contributed by atoms with Gasteiger partial charge >= 0.3 is 0 Å². The number of halogens is 2. The first kappa shape index (κ1) is 21.8. The maximum Gasteiger partial charge on any atom is 0.243 e. The van der Waals surface area contributed by atoms with Crippen molar-refractivity contribution in [1.29, 1.82) is 0 Å². The Morgan fingerprint density at radius 3 is 2.56 bits per heavy atom. The molecular formula is C19H28Cl2N4O2. The van der Waals surface area contributed by atoms with Gasteiger partial charge in [-0.1, -0.05) is 12.8 Å². The molecule has 0 atom stereocenters. The number of amides is 1. The van der Waals surface area contributed by atoms with E-state index >= 15 is 0 Å². The van der Waals surface area contributed by atoms with Gasteiger partial charge in [-0.3, -0.25) is 10.0 Å². The first-order valence-electron chi connectivity index (χ1n) is 9.36. The van der Waals surface area contributed by atoms with Crippen molar-refractivity contribution in [1.82, 2.24) is 15.0 Å². The van der Waals surface area contributed by atoms with Gasteiger partial charge in [-0.05, 0) is 31.0 Å². The molecule has 1 amide bonds. The van der Waals surface area contributed by atoms with Crippen LogP contribution in [0.25, 0.3) is 11.0 Å². The molecule has 0 fully saturated rings. The summed E-state index contributed by atoms with van der Waals surface area (Å²) < 4.78 is 2.14. The van der Waals surface area contributed by atoms with Crippen LogP contribution in [0.15, 0.2) is 18.2 Å². The van der Waals surface area contributed by atoms with Crippen molar-refractivity contribution in [2.45, 2.75) is 38.5 Å². The summed E-state index contributed by atoms with van der Waals surface area (Å²) in [5.74, 6) is 1.86. The fourth-order valence-corrected chi connectivity index (χ4v) is 3.62. The summed E-state index contributed by atoms with van der Waals surface area (Å²) in [6, 6.07) is 6.30. The summed E-state index contributed by atoms with van der Waals surface area (Å²) in [5.41, 5.74) is 4.86. The molecule has 27 heavy (non-hydrogen) atoms. The second-order valence-electron chi connectivity index (χ2n) is 6.57. The number of rotatable bonds is 12. The predicted molar refractivity (Wildman–Crippen MR) is 111 cm³/mol. The quantitative estimate of drug-likeness (QED) is 0.239. The van der Waals surface area contributed by atoms with Crippen LogP contribution in [0.2, 0.25) is 0 Å². The number of fused-ring (bicyclic) bond motifs is 1. The number of nitrogens with one attached hydrogen (secondary N) is 1. The molecule has 0 aliphatic heterocycles. The van der Waals surface area contributed by atoms with Crippen molar-refractivity contribution in [2.75, 3.05) is 29.7 Å². The first-order chi connectivity index (χ1) is 13.1. The Kier molecular flexibility index (Phi) is 9.18. The summed E-state index contributed by atoms with van der Waals surface area (Å²) in [5, 5.41) is 8.47. The summed E-state index contributed by atoms with van der Waals surface area (Å²) in [6.07, 6.45) is 5.08. The van der Waals surface area contributed by atoms with E-state index in [0.717, 1.165) is 67.7 Å². The number of unbranched alkanes of at least 4 members (excludes halogenated alkanes) is 3. The summed E-state index contributed by atoms with van der Waals surface area (Å²) in [6.45, 7) is 1.52. The lowest BCUT2D eigenvalue weighted by atomic mass is 10.1. The molecule has 2 aromatic rings. The Balaban J connectivity index is 1.96. The Morgan fingerprint density at radius 2 is 1.89 bits per heavy atom. The van der Waals surface area contributed by atoms with Gasteiger partial charge in [-0.15, -0.1) is 23.2 Å². The third-order valence-electron chi connectivity index (χ3n) is 4.71. The monoisotopic (exact) mass is 414 g/mol. The number of benzene rings is 1. The fraction of sp³-hybridized carbons (Fsp3) is 0.579. The van der Waals surface area contributed by atoms with Crippen LogP contribution < -0.4 is 10.4 Å². The lowest BCUT2D eigenvalue weighted by Gasteiger charge is -2.22. The highest BCUT2D eigenvalue weighted by Gasteiger charge is 2.11. The lowest BCUT2D eigenvalue weighted by molar-refractivity contribution is -0.129. The Labute approximate surface area is 170 Å². The van der Waals surface area contributed by atoms with Crippen molar-refractivity contribution in [2.24, 2.45) is 7.05 Å². The van der Waals surface area contributed by atoms with Gasteiger partial charge in [0.05, 0.1) is 11.0 Å². The molecule has 1 aromatic carbocycles. The topological polar surface area (TPSA) is 70.4 Å². The highest BCUT2D eigenvalue weighted by atomic mass is 35.5. The molecule has 0 aliphatic rings. The van der Waals surface area contributed by atoms with Gasteiger partial charge in [0.1, 0.15) is 5.82 Å². The maximum atomic E-state index is 11.0. The van der Waals surface area contributed by atoms with Gasteiger partial charge in [0.25, 0.3) is 0 Å². The Bertz CT molecular complexity index is 730. The largest absolute Gasteiger partial charge is 0.369 e. The second-order valence-corrected chi connectivity index (χ2v) is 7.33. The van der Waals surface area contributed by atoms with Gasteiger partial charge in [-0.25, -0.2) is 10.5 Å². The SMILES string of the molecule is Cn1c(CCCCCCC(=O)NO)nc2cc(N(CCCl)CCCl)ccc21. The fourth-order valence-electron chi connectivity index (χ4n) is 3.21. The van der Waals surface area contributed by atoms with E-state index in [1.54, 1.807) is 5.48 Å². The highest BCUT2D eigenvalue weighted by molar-refractivity contribution is 6.18. The zero-order valence-electron chi connectivity index (χ0n) is 15.8. The number of imidazole rings is 1. The van der Waals surface area contributed by atoms with E-state index in [9.17, 15) is 4.79 Å². The van der Waals surface area contributed by atoms with Crippen LogP contribution in [0.1, 0.15) is 37.9 Å². The molecule has 0 unspecified atom stereocenters. The molecule has 6 nitrogen and oxygen atoms in total. The van der Waals surface area contributed by atoms with Crippen molar-refractivity contribution in [3.05, 3.63) is 24.0 Å². The molecule has 8 heteroatoms. The Hall–Kier alpha value is -1.50. The minimum absolute atomic E-state index is 0.321. The maximum absolute atomic E-state index is 11.0. The van der Waals surface area contributed by atoms with E-state index in [1.807, 2.05) is 7.05 Å². The van der Waals surface area contributed by atoms with E-state index in [-0.39, 0.29) is 5.91 Å². The molecule has 2 rings (SSSR count). The van der Waals surface area contributed by atoms with E-state index in [0.29, 0.717) is 18.2 Å². The van der Waals surface area contributed by atoms with Crippen molar-refractivity contribution in [3.8, 4) is 0 Å². The van der Waals surface area contributed by atoms with Crippen LogP contribution in [0, 0.1) is 0 Å². The molecule has 0 aliphatic carbocycles. The summed E-state index contributed by atoms with van der Waals surface area (Å²) in [7, 11) is 2.05. The van der Waals surface area contributed by atoms with Crippen molar-refractivity contribution in [3.63, 3.8) is 0 Å². The molecule has 0 bridgehead atoms. The van der Waals surface area contributed by atoms with E-state index in [1.165, 1.54) is 0 Å². The number of carbonyl (C=O) groups excluding carboxylic acids is 1. The zero-order chi connectivity index (χ0) is 19.6. The minimum Gasteiger partial charge on any atom is -0.369 e. The number of carbonyl (C=O) groups is 1. The molecule has 0 saturated carbocycles. The van der Waals surface area contributed by atoms with E-state index < -0.39 is 0 Å². The van der Waals surface area contributed by atoms with Crippen LogP contribution in [0.4, 0.5) is 5.69 Å². The smallest absolute Gasteiger partial charge is 0.243 e. The number of nitrogens with zero attached hydrogens (tertiary/aromatic N) is 3. The third kappa shape index (κ3) is 6.26. The minimum atomic E-state index is -0.321. The standard InChI is InChI=1S/C19H28Cl2N4O2/c1-24-17-9-8-15(25(12-10-20)13-11-21)14-16(17)22-18(24)6-4-2-3-5-7-19(26)23-27/h8-9,14,27H,2-7,10-13H2,1H3,(H,23,26). The molecule has 0 spiro atoms. The summed E-state index contributed by atoms with van der Waals surface area (Å²) in [4.78, 5) is 18.0. The van der Waals surface area contributed by atoms with Gasteiger partial charge in [-0.2, -0.15) is 0 Å². The highest BCUT2D eigenvalue weighted by Crippen LogP contribution is 2.23. The van der Waals surface area contributed by atoms with Crippen molar-refractivity contribution < 1.29 is 10.0 Å². The van der Waals surface area contributed by atoms with Gasteiger partial charge in [0, 0.05) is 50.4 Å². The number of hydrogen-bond donors (Lipinski definition) is 2. The number of hydrogen-bond acceptors (Lipinski definition) is 4. The molecule has 1 heterocycles. The second kappa shape index (κ2) is 11.4. The lowest BCUT2D eigenvalue weighted by Crippen LogP contribution is -2.27. The first-order valence-corrected chi connectivity index (χ1v) is 10.4. The number of anilines is 1. The van der Waals surface area contributed by atoms with Crippen LogP contribution in [0.3, 0.4) is 0 Å². The van der Waals surface area contributed by atoms with Crippen LogP contribution in [-0.2, 0) is 18.3 Å². The van der Waals surface area contributed by atoms with E-state index in [2.05, 4.69) is 27.7 Å². The number of aromatic nitrogens is 2. The molecule has 0 radical (unpaired) electrons. The van der Waals surface area contributed by atoms with Crippen LogP contribution >= 0.6 is 23.2 Å². The van der Waals surface area contributed by atoms with Gasteiger partial charge in [0.2, 0.25) is 5.91 Å². The van der Waals surface area contributed by atoms with Crippen molar-refractivity contribution >= 4 is 45.8 Å². The predicted octanol–water partition coefficient (Wildman–Crippen LogP) is 3.86. The van der Waals surface area contributed by atoms with Gasteiger partial charge in [0.15, 0.2) is 0 Å². The summed E-state index contributed by atoms with van der Waals surface area (Å²) >= 11 is 11.8. The molecule has 150 valence electrons. The number of alkyl halides is 2. The third-order valence-corrected chi connectivity index (χ3v) is 5.05. The van der Waals surface area contributed by atoms with Crippen LogP contribution in [-0.4, -0.2) is 45.5 Å². The number of hydroxylamine groups is 1. The van der Waals surface area contributed by atoms with Crippen LogP contribution in [0.5, 0.6) is 0 Å². The molecule has 2 N–H and O–H groups in total. The van der Waals surface area contributed by atoms with Gasteiger partial charge < -0.3 is 9.47 Å². The normalized spacial score (nSPS) is 11.1.